The molecule has 1 aliphatic heterocycles. The first kappa shape index (κ1) is 20.9. The Morgan fingerprint density at radius 1 is 1.13 bits per heavy atom. The van der Waals surface area contributed by atoms with Gasteiger partial charge in [-0.15, -0.1) is 0 Å². The summed E-state index contributed by atoms with van der Waals surface area (Å²) in [4.78, 5) is 30.8. The van der Waals surface area contributed by atoms with Crippen molar-refractivity contribution in [2.24, 2.45) is 5.92 Å². The van der Waals surface area contributed by atoms with Crippen molar-refractivity contribution in [3.05, 3.63) is 69.1 Å². The topological polar surface area (TPSA) is 45.6 Å². The molecular formula is C25H33N3O2. The number of aromatic nitrogens is 1. The highest BCUT2D eigenvalue weighted by atomic mass is 16.2. The lowest BCUT2D eigenvalue weighted by Gasteiger charge is -2.29. The number of amides is 1. The van der Waals surface area contributed by atoms with Crippen molar-refractivity contribution in [2.45, 2.75) is 51.6 Å². The van der Waals surface area contributed by atoms with Gasteiger partial charge in [0.25, 0.3) is 5.91 Å². The van der Waals surface area contributed by atoms with Gasteiger partial charge in [0.2, 0.25) is 0 Å². The van der Waals surface area contributed by atoms with Crippen molar-refractivity contribution >= 4 is 5.91 Å². The minimum Gasteiger partial charge on any atom is -0.347 e. The van der Waals surface area contributed by atoms with Gasteiger partial charge < -0.3 is 14.4 Å². The van der Waals surface area contributed by atoms with Gasteiger partial charge in [0.1, 0.15) is 5.56 Å². The molecule has 2 aromatic rings. The first-order valence-corrected chi connectivity index (χ1v) is 11.2. The van der Waals surface area contributed by atoms with Gasteiger partial charge in [0.05, 0.1) is 0 Å². The third kappa shape index (κ3) is 4.22. The predicted molar refractivity (Wildman–Crippen MR) is 120 cm³/mol. The summed E-state index contributed by atoms with van der Waals surface area (Å²) in [5, 5.41) is 0. The number of rotatable bonds is 7. The van der Waals surface area contributed by atoms with Crippen LogP contribution in [0.3, 0.4) is 0 Å². The Morgan fingerprint density at radius 2 is 1.90 bits per heavy atom. The summed E-state index contributed by atoms with van der Waals surface area (Å²) in [6, 6.07) is 12.3. The van der Waals surface area contributed by atoms with Gasteiger partial charge in [-0.25, -0.2) is 0 Å². The maximum atomic E-state index is 13.6. The van der Waals surface area contributed by atoms with E-state index in [1.165, 1.54) is 12.0 Å². The minimum absolute atomic E-state index is 0.0473. The summed E-state index contributed by atoms with van der Waals surface area (Å²) >= 11 is 0. The summed E-state index contributed by atoms with van der Waals surface area (Å²) in [5.41, 5.74) is 3.35. The van der Waals surface area contributed by atoms with E-state index in [1.54, 1.807) is 6.07 Å². The van der Waals surface area contributed by atoms with Crippen LogP contribution in [0.25, 0.3) is 0 Å². The van der Waals surface area contributed by atoms with E-state index in [0.29, 0.717) is 23.9 Å². The molecule has 1 amide bonds. The van der Waals surface area contributed by atoms with Crippen molar-refractivity contribution in [3.8, 4) is 0 Å². The van der Waals surface area contributed by atoms with Gasteiger partial charge in [0.15, 0.2) is 5.43 Å². The third-order valence-corrected chi connectivity index (χ3v) is 6.77. The van der Waals surface area contributed by atoms with Crippen molar-refractivity contribution in [2.75, 3.05) is 27.2 Å². The molecule has 0 unspecified atom stereocenters. The predicted octanol–water partition coefficient (Wildman–Crippen LogP) is 3.13. The lowest BCUT2D eigenvalue weighted by atomic mass is 10.0. The van der Waals surface area contributed by atoms with Crippen LogP contribution in [0.2, 0.25) is 0 Å². The fraction of sp³-hybridized carbons (Fsp3) is 0.520. The first-order chi connectivity index (χ1) is 14.4. The second kappa shape index (κ2) is 8.76. The summed E-state index contributed by atoms with van der Waals surface area (Å²) in [5.74, 6) is 0.571. The average molecular weight is 408 g/mol. The Hall–Kier alpha value is -2.40. The number of carbonyl (C=O) groups is 1. The van der Waals surface area contributed by atoms with Crippen LogP contribution in [0, 0.1) is 12.8 Å². The zero-order chi connectivity index (χ0) is 21.3. The smallest absolute Gasteiger partial charge is 0.259 e. The highest BCUT2D eigenvalue weighted by Gasteiger charge is 2.41. The molecule has 1 aromatic carbocycles. The molecule has 1 aliphatic carbocycles. The van der Waals surface area contributed by atoms with E-state index in [9.17, 15) is 9.59 Å². The molecule has 160 valence electrons. The van der Waals surface area contributed by atoms with Gasteiger partial charge in [0, 0.05) is 43.1 Å². The minimum atomic E-state index is -0.121. The van der Waals surface area contributed by atoms with Crippen molar-refractivity contribution in [1.82, 2.24) is 14.4 Å². The van der Waals surface area contributed by atoms with E-state index in [4.69, 9.17) is 0 Å². The van der Waals surface area contributed by atoms with Crippen LogP contribution in [-0.4, -0.2) is 53.5 Å². The monoisotopic (exact) mass is 407 g/mol. The first-order valence-electron chi connectivity index (χ1n) is 11.2. The molecule has 2 fully saturated rings. The van der Waals surface area contributed by atoms with E-state index >= 15 is 0 Å². The van der Waals surface area contributed by atoms with Gasteiger partial charge in [-0.05, 0) is 64.6 Å². The fourth-order valence-electron chi connectivity index (χ4n) is 5.15. The molecule has 4 rings (SSSR count). The molecule has 2 atom stereocenters. The molecule has 0 spiro atoms. The number of carbonyl (C=O) groups excluding carboxylic acids is 1. The lowest BCUT2D eigenvalue weighted by molar-refractivity contribution is 0.0699. The van der Waals surface area contributed by atoms with Crippen LogP contribution in [0.1, 0.15) is 46.6 Å². The van der Waals surface area contributed by atoms with Crippen molar-refractivity contribution < 1.29 is 4.79 Å². The quantitative estimate of drug-likeness (QED) is 0.708. The number of aryl methyl sites for hydroxylation is 2. The normalized spacial score (nSPS) is 20.3. The summed E-state index contributed by atoms with van der Waals surface area (Å²) in [6.45, 7) is 4.43. The highest BCUT2D eigenvalue weighted by molar-refractivity contribution is 5.95. The Morgan fingerprint density at radius 3 is 2.53 bits per heavy atom. The van der Waals surface area contributed by atoms with E-state index in [2.05, 4.69) is 35.7 Å². The number of pyridine rings is 1. The average Bonchev–Trinajstić information content (AvgIpc) is 3.35. The maximum absolute atomic E-state index is 13.6. The molecule has 30 heavy (non-hydrogen) atoms. The third-order valence-electron chi connectivity index (χ3n) is 6.77. The van der Waals surface area contributed by atoms with E-state index in [0.717, 1.165) is 50.3 Å². The number of hydrogen-bond donors (Lipinski definition) is 0. The summed E-state index contributed by atoms with van der Waals surface area (Å²) < 4.78 is 2.20. The number of benzene rings is 1. The van der Waals surface area contributed by atoms with Crippen LogP contribution >= 0.6 is 0 Å². The number of hydrogen-bond acceptors (Lipinski definition) is 3. The van der Waals surface area contributed by atoms with Crippen LogP contribution in [0.4, 0.5) is 0 Å². The van der Waals surface area contributed by atoms with Crippen molar-refractivity contribution in [1.29, 1.82) is 0 Å². The Kier molecular flexibility index (Phi) is 6.09. The van der Waals surface area contributed by atoms with Crippen LogP contribution in [-0.2, 0) is 19.4 Å². The lowest BCUT2D eigenvalue weighted by Crippen LogP contribution is -2.41. The SMILES string of the molecule is Cc1cc(=O)c(C(=O)N2C[C@@H]3CC[C@H]2C3)c(CCc2ccccc2)n1CCN(C)C. The maximum Gasteiger partial charge on any atom is 0.259 e. The number of likely N-dealkylation sites (tertiary alicyclic amines) is 1. The molecule has 0 N–H and O–H groups in total. The Labute approximate surface area is 179 Å². The van der Waals surface area contributed by atoms with E-state index in [-0.39, 0.29) is 11.3 Å². The molecule has 1 aromatic heterocycles. The Bertz CT molecular complexity index is 964. The standard InChI is InChI=1S/C25H33N3O2/c1-18-15-23(29)24(25(30)28-17-20-9-11-21(28)16-20)22(27(18)14-13-26(2)3)12-10-19-7-5-4-6-8-19/h4-8,15,20-21H,9-14,16-17H2,1-3H3/t20-,21+/m1/s1. The van der Waals surface area contributed by atoms with E-state index in [1.807, 2.05) is 30.0 Å². The summed E-state index contributed by atoms with van der Waals surface area (Å²) in [7, 11) is 4.10. The molecule has 2 aliphatic rings. The molecular weight excluding hydrogens is 374 g/mol. The number of fused-ring (bicyclic) bond motifs is 2. The molecule has 2 heterocycles. The van der Waals surface area contributed by atoms with Crippen LogP contribution < -0.4 is 5.43 Å². The molecule has 1 saturated carbocycles. The van der Waals surface area contributed by atoms with E-state index < -0.39 is 0 Å². The second-order valence-electron chi connectivity index (χ2n) is 9.20. The molecule has 2 bridgehead atoms. The zero-order valence-corrected chi connectivity index (χ0v) is 18.4. The highest BCUT2D eigenvalue weighted by Crippen LogP contribution is 2.38. The van der Waals surface area contributed by atoms with Gasteiger partial charge >= 0.3 is 0 Å². The largest absolute Gasteiger partial charge is 0.347 e. The molecule has 0 radical (unpaired) electrons. The van der Waals surface area contributed by atoms with Crippen molar-refractivity contribution in [3.63, 3.8) is 0 Å². The zero-order valence-electron chi connectivity index (χ0n) is 18.4. The fourth-order valence-corrected chi connectivity index (χ4v) is 5.15. The van der Waals surface area contributed by atoms with Gasteiger partial charge in [-0.3, -0.25) is 9.59 Å². The van der Waals surface area contributed by atoms with Gasteiger partial charge in [-0.2, -0.15) is 0 Å². The summed E-state index contributed by atoms with van der Waals surface area (Å²) in [6.07, 6.45) is 4.91. The number of likely N-dealkylation sites (N-methyl/N-ethyl adjacent to an activating group) is 1. The number of nitrogens with zero attached hydrogens (tertiary/aromatic N) is 3. The van der Waals surface area contributed by atoms with Gasteiger partial charge in [-0.1, -0.05) is 30.3 Å². The van der Waals surface area contributed by atoms with Crippen LogP contribution in [0.15, 0.2) is 41.2 Å². The Balaban J connectivity index is 1.71. The molecule has 5 nitrogen and oxygen atoms in total. The van der Waals surface area contributed by atoms with Crippen LogP contribution in [0.5, 0.6) is 0 Å². The number of piperidine rings is 1. The second-order valence-corrected chi connectivity index (χ2v) is 9.20. The molecule has 5 heteroatoms. The molecule has 1 saturated heterocycles.